The highest BCUT2D eigenvalue weighted by molar-refractivity contribution is 14.0. The fourth-order valence-electron chi connectivity index (χ4n) is 2.09. The molecule has 2 N–H and O–H groups in total. The number of halogens is 1. The summed E-state index contributed by atoms with van der Waals surface area (Å²) < 4.78 is 10.8. The molecule has 0 aliphatic heterocycles. The van der Waals surface area contributed by atoms with E-state index >= 15 is 0 Å². The minimum Gasteiger partial charge on any atom is -0.481 e. The number of nitrogens with one attached hydrogen (secondary N) is 2. The Balaban J connectivity index is 0.00000288. The third kappa shape index (κ3) is 8.68. The zero-order valence-electron chi connectivity index (χ0n) is 14.6. The minimum atomic E-state index is 0. The molecule has 0 aromatic carbocycles. The van der Waals surface area contributed by atoms with Crippen molar-refractivity contribution in [2.24, 2.45) is 10.9 Å². The molecule has 1 saturated carbocycles. The topological polar surface area (TPSA) is 67.8 Å². The van der Waals surface area contributed by atoms with E-state index in [2.05, 4.69) is 27.5 Å². The number of nitrogens with zero attached hydrogens (tertiary/aromatic N) is 2. The summed E-state index contributed by atoms with van der Waals surface area (Å²) >= 11 is 0. The highest BCUT2D eigenvalue weighted by Crippen LogP contribution is 2.28. The van der Waals surface area contributed by atoms with E-state index in [1.165, 1.54) is 12.8 Å². The molecule has 1 aromatic heterocycles. The molecule has 1 fully saturated rings. The van der Waals surface area contributed by atoms with Crippen LogP contribution in [0.3, 0.4) is 0 Å². The number of hydrogen-bond acceptors (Lipinski definition) is 4. The van der Waals surface area contributed by atoms with Crippen LogP contribution in [0.4, 0.5) is 0 Å². The van der Waals surface area contributed by atoms with Gasteiger partial charge in [-0.25, -0.2) is 9.98 Å². The van der Waals surface area contributed by atoms with E-state index in [0.29, 0.717) is 12.4 Å². The Hall–Kier alpha value is -1.09. The number of pyridine rings is 1. The predicted molar refractivity (Wildman–Crippen MR) is 107 cm³/mol. The number of ether oxygens (including phenoxy) is 2. The molecule has 1 aliphatic carbocycles. The van der Waals surface area contributed by atoms with Crippen LogP contribution in [0.25, 0.3) is 0 Å². The second-order valence-electron chi connectivity index (χ2n) is 5.70. The van der Waals surface area contributed by atoms with E-state index in [-0.39, 0.29) is 24.0 Å². The van der Waals surface area contributed by atoms with Crippen LogP contribution in [0.2, 0.25) is 0 Å². The van der Waals surface area contributed by atoms with Crippen LogP contribution < -0.4 is 15.4 Å². The van der Waals surface area contributed by atoms with Crippen LogP contribution in [0.15, 0.2) is 23.3 Å². The van der Waals surface area contributed by atoms with Gasteiger partial charge in [0, 0.05) is 38.6 Å². The van der Waals surface area contributed by atoms with Crippen molar-refractivity contribution < 1.29 is 9.47 Å². The zero-order chi connectivity index (χ0) is 16.3. The Bertz CT molecular complexity index is 495. The van der Waals surface area contributed by atoms with Gasteiger partial charge in [-0.1, -0.05) is 0 Å². The smallest absolute Gasteiger partial charge is 0.213 e. The van der Waals surface area contributed by atoms with Gasteiger partial charge in [-0.2, -0.15) is 0 Å². The normalized spacial score (nSPS) is 14.0. The Morgan fingerprint density at radius 3 is 2.92 bits per heavy atom. The lowest BCUT2D eigenvalue weighted by atomic mass is 10.3. The van der Waals surface area contributed by atoms with Gasteiger partial charge in [-0.3, -0.25) is 0 Å². The van der Waals surface area contributed by atoms with E-state index < -0.39 is 0 Å². The SMILES string of the molecule is CCNC(=NCc1ccnc(OC)c1)NCCCOCC1CC1.I. The lowest BCUT2D eigenvalue weighted by Gasteiger charge is -2.11. The first-order chi connectivity index (χ1) is 11.3. The number of rotatable bonds is 10. The highest BCUT2D eigenvalue weighted by Gasteiger charge is 2.20. The van der Waals surface area contributed by atoms with Crippen molar-refractivity contribution in [2.75, 3.05) is 33.4 Å². The first-order valence-electron chi connectivity index (χ1n) is 8.40. The zero-order valence-corrected chi connectivity index (χ0v) is 16.9. The molecule has 0 radical (unpaired) electrons. The van der Waals surface area contributed by atoms with Crippen LogP contribution in [0.1, 0.15) is 31.7 Å². The average molecular weight is 448 g/mol. The Kier molecular flexibility index (Phi) is 10.7. The summed E-state index contributed by atoms with van der Waals surface area (Å²) in [5.74, 6) is 2.27. The van der Waals surface area contributed by atoms with Crippen molar-refractivity contribution in [3.63, 3.8) is 0 Å². The quantitative estimate of drug-likeness (QED) is 0.249. The molecule has 6 nitrogen and oxygen atoms in total. The van der Waals surface area contributed by atoms with Gasteiger partial charge in [0.2, 0.25) is 5.88 Å². The standard InChI is InChI=1S/C17H28N4O2.HI/c1-3-18-17(20-8-4-10-23-13-14-5-6-14)21-12-15-7-9-19-16(11-15)22-2;/h7,9,11,14H,3-6,8,10,12-13H2,1-2H3,(H2,18,20,21);1H. The van der Waals surface area contributed by atoms with Gasteiger partial charge in [0.05, 0.1) is 13.7 Å². The molecule has 1 heterocycles. The summed E-state index contributed by atoms with van der Waals surface area (Å²) in [5.41, 5.74) is 1.07. The minimum absolute atomic E-state index is 0. The fraction of sp³-hybridized carbons (Fsp3) is 0.647. The van der Waals surface area contributed by atoms with E-state index in [0.717, 1.165) is 50.2 Å². The Labute approximate surface area is 161 Å². The van der Waals surface area contributed by atoms with Gasteiger partial charge < -0.3 is 20.1 Å². The maximum atomic E-state index is 5.63. The van der Waals surface area contributed by atoms with Crippen LogP contribution in [0, 0.1) is 5.92 Å². The number of hydrogen-bond donors (Lipinski definition) is 2. The lowest BCUT2D eigenvalue weighted by molar-refractivity contribution is 0.123. The molecule has 1 aliphatic rings. The third-order valence-corrected chi connectivity index (χ3v) is 3.58. The number of methoxy groups -OCH3 is 1. The second kappa shape index (κ2) is 12.3. The molecule has 0 atom stereocenters. The van der Waals surface area contributed by atoms with Crippen molar-refractivity contribution in [1.82, 2.24) is 15.6 Å². The molecule has 136 valence electrons. The largest absolute Gasteiger partial charge is 0.481 e. The van der Waals surface area contributed by atoms with Crippen molar-refractivity contribution in [2.45, 2.75) is 32.7 Å². The number of aromatic nitrogens is 1. The van der Waals surface area contributed by atoms with Gasteiger partial charge >= 0.3 is 0 Å². The number of aliphatic imine (C=N–C) groups is 1. The molecule has 0 spiro atoms. The third-order valence-electron chi connectivity index (χ3n) is 3.58. The van der Waals surface area contributed by atoms with E-state index in [4.69, 9.17) is 9.47 Å². The summed E-state index contributed by atoms with van der Waals surface area (Å²) in [7, 11) is 1.62. The Morgan fingerprint density at radius 2 is 2.21 bits per heavy atom. The van der Waals surface area contributed by atoms with Crippen LogP contribution >= 0.6 is 24.0 Å². The molecule has 0 unspecified atom stereocenters. The van der Waals surface area contributed by atoms with Crippen molar-refractivity contribution >= 4 is 29.9 Å². The second-order valence-corrected chi connectivity index (χ2v) is 5.70. The van der Waals surface area contributed by atoms with Crippen molar-refractivity contribution in [1.29, 1.82) is 0 Å². The molecule has 1 aromatic rings. The Morgan fingerprint density at radius 1 is 1.38 bits per heavy atom. The van der Waals surface area contributed by atoms with Crippen molar-refractivity contribution in [3.8, 4) is 5.88 Å². The van der Waals surface area contributed by atoms with Gasteiger partial charge in [0.25, 0.3) is 0 Å². The maximum Gasteiger partial charge on any atom is 0.213 e. The van der Waals surface area contributed by atoms with Crippen LogP contribution in [0.5, 0.6) is 5.88 Å². The van der Waals surface area contributed by atoms with Crippen molar-refractivity contribution in [3.05, 3.63) is 23.9 Å². The van der Waals surface area contributed by atoms with Gasteiger partial charge in [0.1, 0.15) is 0 Å². The molecular weight excluding hydrogens is 419 g/mol. The van der Waals surface area contributed by atoms with E-state index in [1.54, 1.807) is 13.3 Å². The first-order valence-corrected chi connectivity index (χ1v) is 8.40. The molecule has 24 heavy (non-hydrogen) atoms. The summed E-state index contributed by atoms with van der Waals surface area (Å²) in [4.78, 5) is 8.69. The molecular formula is C17H29IN4O2. The fourth-order valence-corrected chi connectivity index (χ4v) is 2.09. The molecule has 0 bridgehead atoms. The van der Waals surface area contributed by atoms with Crippen LogP contribution in [-0.2, 0) is 11.3 Å². The van der Waals surface area contributed by atoms with Gasteiger partial charge in [-0.15, -0.1) is 24.0 Å². The molecule has 0 saturated heterocycles. The summed E-state index contributed by atoms with van der Waals surface area (Å²) in [6, 6.07) is 3.85. The van der Waals surface area contributed by atoms with E-state index in [9.17, 15) is 0 Å². The monoisotopic (exact) mass is 448 g/mol. The first kappa shape index (κ1) is 21.0. The van der Waals surface area contributed by atoms with Gasteiger partial charge in [0.15, 0.2) is 5.96 Å². The molecule has 0 amide bonds. The highest BCUT2D eigenvalue weighted by atomic mass is 127. The summed E-state index contributed by atoms with van der Waals surface area (Å²) in [6.07, 6.45) is 5.41. The van der Waals surface area contributed by atoms with Gasteiger partial charge in [-0.05, 0) is 43.7 Å². The van der Waals surface area contributed by atoms with E-state index in [1.807, 2.05) is 12.1 Å². The molecule has 7 heteroatoms. The number of guanidine groups is 1. The average Bonchev–Trinajstić information content (AvgIpc) is 3.40. The summed E-state index contributed by atoms with van der Waals surface area (Å²) in [6.45, 7) is 6.08. The predicted octanol–water partition coefficient (Wildman–Crippen LogP) is 2.58. The maximum absolute atomic E-state index is 5.63. The summed E-state index contributed by atoms with van der Waals surface area (Å²) in [5, 5.41) is 6.59. The molecule has 2 rings (SSSR count). The lowest BCUT2D eigenvalue weighted by Crippen LogP contribution is -2.38. The van der Waals surface area contributed by atoms with Crippen LogP contribution in [-0.4, -0.2) is 44.4 Å².